The summed E-state index contributed by atoms with van der Waals surface area (Å²) in [5.41, 5.74) is 1.46. The smallest absolute Gasteiger partial charge is 0.251 e. The van der Waals surface area contributed by atoms with Gasteiger partial charge >= 0.3 is 0 Å². The van der Waals surface area contributed by atoms with E-state index in [0.717, 1.165) is 32.8 Å². The van der Waals surface area contributed by atoms with Crippen LogP contribution in [0.3, 0.4) is 0 Å². The second-order valence-electron chi connectivity index (χ2n) is 6.16. The number of rotatable bonds is 7. The molecule has 1 aromatic carbocycles. The summed E-state index contributed by atoms with van der Waals surface area (Å²) in [4.78, 5) is 37.5. The molecule has 0 saturated carbocycles. The molecule has 1 fully saturated rings. The maximum Gasteiger partial charge on any atom is 0.251 e. The van der Waals surface area contributed by atoms with E-state index in [1.54, 1.807) is 31.2 Å². The van der Waals surface area contributed by atoms with Crippen molar-refractivity contribution in [2.45, 2.75) is 13.8 Å². The van der Waals surface area contributed by atoms with E-state index in [0.29, 0.717) is 23.4 Å². The van der Waals surface area contributed by atoms with Gasteiger partial charge in [-0.2, -0.15) is 0 Å². The number of carbonyl (C=O) groups is 3. The molecule has 0 atom stereocenters. The van der Waals surface area contributed by atoms with Gasteiger partial charge in [-0.3, -0.25) is 19.3 Å². The Morgan fingerprint density at radius 3 is 2.38 bits per heavy atom. The molecule has 140 valence electrons. The van der Waals surface area contributed by atoms with Crippen LogP contribution in [-0.2, 0) is 14.3 Å². The first-order valence-corrected chi connectivity index (χ1v) is 8.64. The lowest BCUT2D eigenvalue weighted by atomic mass is 10.1. The third kappa shape index (κ3) is 6.42. The second-order valence-corrected chi connectivity index (χ2v) is 6.16. The van der Waals surface area contributed by atoms with E-state index in [-0.39, 0.29) is 17.6 Å². The Morgan fingerprint density at radius 1 is 1.12 bits per heavy atom. The van der Waals surface area contributed by atoms with Crippen LogP contribution in [0.25, 0.3) is 0 Å². The van der Waals surface area contributed by atoms with Gasteiger partial charge in [0, 0.05) is 49.1 Å². The Morgan fingerprint density at radius 2 is 1.77 bits per heavy atom. The zero-order valence-corrected chi connectivity index (χ0v) is 15.2. The Hall–Kier alpha value is -2.51. The van der Waals surface area contributed by atoms with Crippen LogP contribution in [-0.4, -0.2) is 61.9 Å². The highest BCUT2D eigenvalue weighted by molar-refractivity contribution is 6.07. The summed E-state index contributed by atoms with van der Waals surface area (Å²) in [6, 6.07) is 6.61. The van der Waals surface area contributed by atoms with Crippen molar-refractivity contribution in [3.63, 3.8) is 0 Å². The lowest BCUT2D eigenvalue weighted by Crippen LogP contribution is -2.41. The van der Waals surface area contributed by atoms with Crippen LogP contribution in [0.15, 0.2) is 35.9 Å². The summed E-state index contributed by atoms with van der Waals surface area (Å²) >= 11 is 0. The fraction of sp³-hybridized carbons (Fsp3) is 0.421. The SMILES string of the molecule is CC(=O)c1ccc(NC(=O)/C(C)=C\C(=O)NCCN2CCOCC2)cc1. The first-order valence-electron chi connectivity index (χ1n) is 8.64. The molecule has 2 amide bonds. The van der Waals surface area contributed by atoms with Crippen LogP contribution in [0.2, 0.25) is 0 Å². The summed E-state index contributed by atoms with van der Waals surface area (Å²) in [5.74, 6) is -0.686. The molecular weight excluding hydrogens is 334 g/mol. The third-order valence-electron chi connectivity index (χ3n) is 4.09. The average Bonchev–Trinajstić information content (AvgIpc) is 2.63. The van der Waals surface area contributed by atoms with E-state index in [1.165, 1.54) is 13.0 Å². The number of amides is 2. The van der Waals surface area contributed by atoms with E-state index in [4.69, 9.17) is 4.74 Å². The van der Waals surface area contributed by atoms with Crippen LogP contribution in [0.1, 0.15) is 24.2 Å². The van der Waals surface area contributed by atoms with Gasteiger partial charge in [0.2, 0.25) is 5.91 Å². The summed E-state index contributed by atoms with van der Waals surface area (Å²) in [5, 5.41) is 5.48. The zero-order valence-electron chi connectivity index (χ0n) is 15.2. The van der Waals surface area contributed by atoms with Crippen LogP contribution in [0, 0.1) is 0 Å². The zero-order chi connectivity index (χ0) is 18.9. The van der Waals surface area contributed by atoms with Gasteiger partial charge in [0.25, 0.3) is 5.91 Å². The van der Waals surface area contributed by atoms with Gasteiger partial charge in [0.05, 0.1) is 13.2 Å². The number of Topliss-reactive ketones (excluding diaryl/α,β-unsaturated/α-hetero) is 1. The predicted octanol–water partition coefficient (Wildman–Crippen LogP) is 1.22. The number of ether oxygens (including phenoxy) is 1. The van der Waals surface area contributed by atoms with E-state index in [1.807, 2.05) is 0 Å². The van der Waals surface area contributed by atoms with Crippen molar-refractivity contribution in [1.29, 1.82) is 0 Å². The van der Waals surface area contributed by atoms with Crippen molar-refractivity contribution in [1.82, 2.24) is 10.2 Å². The molecule has 1 heterocycles. The van der Waals surface area contributed by atoms with Gasteiger partial charge in [-0.15, -0.1) is 0 Å². The number of nitrogens with one attached hydrogen (secondary N) is 2. The van der Waals surface area contributed by atoms with Crippen LogP contribution in [0.4, 0.5) is 5.69 Å². The molecule has 1 aromatic rings. The van der Waals surface area contributed by atoms with E-state index < -0.39 is 0 Å². The van der Waals surface area contributed by atoms with Crippen molar-refractivity contribution < 1.29 is 19.1 Å². The van der Waals surface area contributed by atoms with Crippen molar-refractivity contribution in [2.24, 2.45) is 0 Å². The van der Waals surface area contributed by atoms with Crippen LogP contribution in [0.5, 0.6) is 0 Å². The normalized spacial score (nSPS) is 15.4. The number of nitrogens with zero attached hydrogens (tertiary/aromatic N) is 1. The first-order chi connectivity index (χ1) is 12.5. The lowest BCUT2D eigenvalue weighted by molar-refractivity contribution is -0.117. The van der Waals surface area contributed by atoms with Gasteiger partial charge in [0.1, 0.15) is 0 Å². The van der Waals surface area contributed by atoms with Gasteiger partial charge in [-0.05, 0) is 38.1 Å². The Labute approximate surface area is 153 Å². The minimum Gasteiger partial charge on any atom is -0.379 e. The highest BCUT2D eigenvalue weighted by atomic mass is 16.5. The van der Waals surface area contributed by atoms with E-state index in [9.17, 15) is 14.4 Å². The topological polar surface area (TPSA) is 87.7 Å². The molecule has 1 saturated heterocycles. The second kappa shape index (κ2) is 9.84. The van der Waals surface area contributed by atoms with Crippen molar-refractivity contribution in [3.8, 4) is 0 Å². The van der Waals surface area contributed by atoms with Crippen LogP contribution < -0.4 is 10.6 Å². The number of hydrogen-bond acceptors (Lipinski definition) is 5. The number of benzene rings is 1. The minimum atomic E-state index is -0.357. The highest BCUT2D eigenvalue weighted by Crippen LogP contribution is 2.11. The quantitative estimate of drug-likeness (QED) is 0.565. The molecule has 1 aliphatic rings. The molecule has 0 radical (unpaired) electrons. The number of ketones is 1. The lowest BCUT2D eigenvalue weighted by Gasteiger charge is -2.26. The van der Waals surface area contributed by atoms with Crippen molar-refractivity contribution in [2.75, 3.05) is 44.7 Å². The largest absolute Gasteiger partial charge is 0.379 e. The Bertz CT molecular complexity index is 677. The summed E-state index contributed by atoms with van der Waals surface area (Å²) in [7, 11) is 0. The van der Waals surface area contributed by atoms with Gasteiger partial charge in [0.15, 0.2) is 5.78 Å². The predicted molar refractivity (Wildman–Crippen MR) is 99.1 cm³/mol. The number of carbonyl (C=O) groups excluding carboxylic acids is 3. The molecule has 0 bridgehead atoms. The highest BCUT2D eigenvalue weighted by Gasteiger charge is 2.11. The Kier molecular flexibility index (Phi) is 7.50. The molecule has 7 heteroatoms. The minimum absolute atomic E-state index is 0.0345. The van der Waals surface area contributed by atoms with Crippen molar-refractivity contribution >= 4 is 23.3 Å². The monoisotopic (exact) mass is 359 g/mol. The molecule has 26 heavy (non-hydrogen) atoms. The fourth-order valence-corrected chi connectivity index (χ4v) is 2.49. The summed E-state index contributed by atoms with van der Waals surface area (Å²) in [6.07, 6.45) is 1.29. The molecule has 0 aliphatic carbocycles. The standard InChI is InChI=1S/C19H25N3O4/c1-14(13-18(24)20-7-8-22-9-11-26-12-10-22)19(25)21-17-5-3-16(4-6-17)15(2)23/h3-6,13H,7-12H2,1-2H3,(H,20,24)(H,21,25)/b14-13-. The van der Waals surface area contributed by atoms with E-state index >= 15 is 0 Å². The van der Waals surface area contributed by atoms with Gasteiger partial charge < -0.3 is 15.4 Å². The van der Waals surface area contributed by atoms with Gasteiger partial charge in [-0.1, -0.05) is 0 Å². The van der Waals surface area contributed by atoms with Gasteiger partial charge in [-0.25, -0.2) is 0 Å². The molecule has 0 spiro atoms. The Balaban J connectivity index is 1.78. The third-order valence-corrected chi connectivity index (χ3v) is 4.09. The number of anilines is 1. The van der Waals surface area contributed by atoms with Crippen molar-refractivity contribution in [3.05, 3.63) is 41.5 Å². The maximum absolute atomic E-state index is 12.1. The number of morpholine rings is 1. The summed E-state index contributed by atoms with van der Waals surface area (Å²) < 4.78 is 5.27. The maximum atomic E-state index is 12.1. The average molecular weight is 359 g/mol. The molecule has 2 N–H and O–H groups in total. The molecule has 1 aliphatic heterocycles. The fourth-order valence-electron chi connectivity index (χ4n) is 2.49. The summed E-state index contributed by atoms with van der Waals surface area (Å²) in [6.45, 7) is 7.54. The first kappa shape index (κ1) is 19.8. The van der Waals surface area contributed by atoms with E-state index in [2.05, 4.69) is 15.5 Å². The molecule has 0 unspecified atom stereocenters. The number of hydrogen-bond donors (Lipinski definition) is 2. The molecule has 7 nitrogen and oxygen atoms in total. The van der Waals surface area contributed by atoms with Crippen LogP contribution >= 0.6 is 0 Å². The molecule has 0 aromatic heterocycles. The molecule has 2 rings (SSSR count). The molecular formula is C19H25N3O4.